The van der Waals surface area contributed by atoms with Gasteiger partial charge in [0.15, 0.2) is 0 Å². The van der Waals surface area contributed by atoms with E-state index in [0.717, 1.165) is 13.2 Å². The van der Waals surface area contributed by atoms with Crippen molar-refractivity contribution in [1.29, 1.82) is 0 Å². The van der Waals surface area contributed by atoms with Gasteiger partial charge in [-0.15, -0.1) is 0 Å². The van der Waals surface area contributed by atoms with Crippen molar-refractivity contribution in [2.24, 2.45) is 5.92 Å². The Balaban J connectivity index is 1.53. The first-order chi connectivity index (χ1) is 8.83. The smallest absolute Gasteiger partial charge is 0.0588 e. The summed E-state index contributed by atoms with van der Waals surface area (Å²) in [6.45, 7) is 4.27. The Hall–Kier alpha value is -0.860. The standard InChI is InChI=1S/C16H23NO/c1-12-15(8-9-18-12)11-17-16-7-6-13-4-2-3-5-14(13)10-16/h2-5,12,15-17H,6-11H2,1H3. The first kappa shape index (κ1) is 12.2. The molecule has 1 aliphatic carbocycles. The highest BCUT2D eigenvalue weighted by Gasteiger charge is 2.25. The maximum Gasteiger partial charge on any atom is 0.0588 e. The van der Waals surface area contributed by atoms with Crippen LogP contribution in [-0.4, -0.2) is 25.3 Å². The second-order valence-corrected chi connectivity index (χ2v) is 5.74. The van der Waals surface area contributed by atoms with Crippen molar-refractivity contribution < 1.29 is 4.74 Å². The zero-order chi connectivity index (χ0) is 12.4. The van der Waals surface area contributed by atoms with Crippen molar-refractivity contribution >= 4 is 0 Å². The molecule has 0 saturated carbocycles. The van der Waals surface area contributed by atoms with E-state index in [1.807, 2.05) is 0 Å². The van der Waals surface area contributed by atoms with Gasteiger partial charge >= 0.3 is 0 Å². The minimum absolute atomic E-state index is 0.438. The van der Waals surface area contributed by atoms with E-state index in [-0.39, 0.29) is 0 Å². The normalized spacial score (nSPS) is 31.3. The van der Waals surface area contributed by atoms with Gasteiger partial charge in [0.1, 0.15) is 0 Å². The molecule has 3 rings (SSSR count). The van der Waals surface area contributed by atoms with Crippen LogP contribution >= 0.6 is 0 Å². The van der Waals surface area contributed by atoms with E-state index in [1.54, 1.807) is 5.56 Å². The summed E-state index contributed by atoms with van der Waals surface area (Å²) in [7, 11) is 0. The molecular weight excluding hydrogens is 222 g/mol. The molecule has 98 valence electrons. The van der Waals surface area contributed by atoms with Gasteiger partial charge in [-0.2, -0.15) is 0 Å². The molecule has 1 aromatic rings. The summed E-state index contributed by atoms with van der Waals surface area (Å²) in [6.07, 6.45) is 5.35. The minimum Gasteiger partial charge on any atom is -0.378 e. The Morgan fingerprint density at radius 3 is 2.83 bits per heavy atom. The molecule has 1 heterocycles. The topological polar surface area (TPSA) is 21.3 Å². The summed E-state index contributed by atoms with van der Waals surface area (Å²) in [5.41, 5.74) is 3.09. The van der Waals surface area contributed by atoms with Crippen molar-refractivity contribution in [3.63, 3.8) is 0 Å². The van der Waals surface area contributed by atoms with E-state index in [2.05, 4.69) is 36.5 Å². The molecule has 0 amide bonds. The van der Waals surface area contributed by atoms with Crippen LogP contribution in [0.2, 0.25) is 0 Å². The van der Waals surface area contributed by atoms with Gasteiger partial charge in [0.05, 0.1) is 6.10 Å². The quantitative estimate of drug-likeness (QED) is 0.883. The fraction of sp³-hybridized carbons (Fsp3) is 0.625. The SMILES string of the molecule is CC1OCCC1CNC1CCc2ccccc2C1. The second kappa shape index (κ2) is 5.41. The highest BCUT2D eigenvalue weighted by molar-refractivity contribution is 5.30. The molecule has 1 aromatic carbocycles. The predicted octanol–water partition coefficient (Wildman–Crippen LogP) is 2.56. The van der Waals surface area contributed by atoms with Crippen molar-refractivity contribution in [3.8, 4) is 0 Å². The highest BCUT2D eigenvalue weighted by atomic mass is 16.5. The molecule has 0 radical (unpaired) electrons. The second-order valence-electron chi connectivity index (χ2n) is 5.74. The molecule has 3 unspecified atom stereocenters. The Bertz CT molecular complexity index is 404. The van der Waals surface area contributed by atoms with Crippen LogP contribution in [0.5, 0.6) is 0 Å². The number of nitrogens with one attached hydrogen (secondary N) is 1. The Labute approximate surface area is 110 Å². The van der Waals surface area contributed by atoms with Gasteiger partial charge in [0.25, 0.3) is 0 Å². The lowest BCUT2D eigenvalue weighted by atomic mass is 9.88. The molecular formula is C16H23NO. The zero-order valence-corrected chi connectivity index (χ0v) is 11.2. The lowest BCUT2D eigenvalue weighted by Crippen LogP contribution is -2.38. The summed E-state index contributed by atoms with van der Waals surface area (Å²) in [5, 5.41) is 3.75. The average Bonchev–Trinajstić information content (AvgIpc) is 2.82. The molecule has 1 N–H and O–H groups in total. The highest BCUT2D eigenvalue weighted by Crippen LogP contribution is 2.23. The van der Waals surface area contributed by atoms with E-state index < -0.39 is 0 Å². The van der Waals surface area contributed by atoms with Crippen LogP contribution in [0.1, 0.15) is 30.9 Å². The number of fused-ring (bicyclic) bond motifs is 1. The van der Waals surface area contributed by atoms with Crippen molar-refractivity contribution in [2.45, 2.75) is 44.8 Å². The van der Waals surface area contributed by atoms with E-state index >= 15 is 0 Å². The molecule has 3 atom stereocenters. The molecule has 18 heavy (non-hydrogen) atoms. The molecule has 2 heteroatoms. The molecule has 0 spiro atoms. The Morgan fingerprint density at radius 2 is 2.06 bits per heavy atom. The van der Waals surface area contributed by atoms with Crippen LogP contribution in [0.25, 0.3) is 0 Å². The number of rotatable bonds is 3. The first-order valence-electron chi connectivity index (χ1n) is 7.24. The summed E-state index contributed by atoms with van der Waals surface area (Å²) in [5.74, 6) is 0.710. The van der Waals surface area contributed by atoms with E-state index in [9.17, 15) is 0 Å². The molecule has 1 saturated heterocycles. The van der Waals surface area contributed by atoms with Crippen LogP contribution in [0.3, 0.4) is 0 Å². The third kappa shape index (κ3) is 2.60. The van der Waals surface area contributed by atoms with Crippen LogP contribution < -0.4 is 5.32 Å². The fourth-order valence-corrected chi connectivity index (χ4v) is 3.23. The van der Waals surface area contributed by atoms with Gasteiger partial charge in [0.2, 0.25) is 0 Å². The van der Waals surface area contributed by atoms with Crippen molar-refractivity contribution in [1.82, 2.24) is 5.32 Å². The van der Waals surface area contributed by atoms with Gasteiger partial charge in [-0.25, -0.2) is 0 Å². The maximum atomic E-state index is 5.62. The number of hydrogen-bond donors (Lipinski definition) is 1. The number of benzene rings is 1. The van der Waals surface area contributed by atoms with Gasteiger partial charge in [0, 0.05) is 19.2 Å². The lowest BCUT2D eigenvalue weighted by molar-refractivity contribution is 0.104. The summed E-state index contributed by atoms with van der Waals surface area (Å²) in [6, 6.07) is 9.54. The first-order valence-corrected chi connectivity index (χ1v) is 7.24. The number of hydrogen-bond acceptors (Lipinski definition) is 2. The number of aryl methyl sites for hydroxylation is 1. The van der Waals surface area contributed by atoms with Crippen molar-refractivity contribution in [2.75, 3.05) is 13.2 Å². The van der Waals surface area contributed by atoms with E-state index in [0.29, 0.717) is 18.1 Å². The molecule has 2 aliphatic rings. The third-order valence-corrected chi connectivity index (χ3v) is 4.55. The van der Waals surface area contributed by atoms with Crippen molar-refractivity contribution in [3.05, 3.63) is 35.4 Å². The van der Waals surface area contributed by atoms with Crippen LogP contribution in [0.4, 0.5) is 0 Å². The molecule has 1 aliphatic heterocycles. The Kier molecular flexibility index (Phi) is 3.67. The molecule has 1 fully saturated rings. The third-order valence-electron chi connectivity index (χ3n) is 4.55. The largest absolute Gasteiger partial charge is 0.378 e. The molecule has 2 nitrogen and oxygen atoms in total. The van der Waals surface area contributed by atoms with Gasteiger partial charge in [-0.3, -0.25) is 0 Å². The maximum absolute atomic E-state index is 5.62. The Morgan fingerprint density at radius 1 is 1.22 bits per heavy atom. The van der Waals surface area contributed by atoms with Gasteiger partial charge in [-0.05, 0) is 49.7 Å². The summed E-state index contributed by atoms with van der Waals surface area (Å²) >= 11 is 0. The van der Waals surface area contributed by atoms with Gasteiger partial charge < -0.3 is 10.1 Å². The van der Waals surface area contributed by atoms with E-state index in [4.69, 9.17) is 4.74 Å². The van der Waals surface area contributed by atoms with Crippen LogP contribution in [0.15, 0.2) is 24.3 Å². The fourth-order valence-electron chi connectivity index (χ4n) is 3.23. The monoisotopic (exact) mass is 245 g/mol. The number of ether oxygens (including phenoxy) is 1. The van der Waals surface area contributed by atoms with Crippen LogP contribution in [-0.2, 0) is 17.6 Å². The molecule has 0 bridgehead atoms. The summed E-state index contributed by atoms with van der Waals surface area (Å²) in [4.78, 5) is 0. The average molecular weight is 245 g/mol. The van der Waals surface area contributed by atoms with E-state index in [1.165, 1.54) is 31.2 Å². The lowest BCUT2D eigenvalue weighted by Gasteiger charge is -2.27. The zero-order valence-electron chi connectivity index (χ0n) is 11.2. The summed E-state index contributed by atoms with van der Waals surface area (Å²) < 4.78 is 5.62. The predicted molar refractivity (Wildman–Crippen MR) is 73.8 cm³/mol. The van der Waals surface area contributed by atoms with Gasteiger partial charge in [-0.1, -0.05) is 24.3 Å². The van der Waals surface area contributed by atoms with Crippen LogP contribution in [0, 0.1) is 5.92 Å². The minimum atomic E-state index is 0.438. The molecule has 0 aromatic heterocycles.